The number of hydrogen-bond donors (Lipinski definition) is 3. The van der Waals surface area contributed by atoms with E-state index in [1.807, 2.05) is 0 Å². The molecule has 0 aliphatic heterocycles. The number of phenols is 1. The van der Waals surface area contributed by atoms with Crippen molar-refractivity contribution in [3.63, 3.8) is 0 Å². The summed E-state index contributed by atoms with van der Waals surface area (Å²) in [7, 11) is 0. The third-order valence-corrected chi connectivity index (χ3v) is 1.57. The molecule has 0 saturated heterocycles. The number of anilines is 1. The van der Waals surface area contributed by atoms with Gasteiger partial charge in [-0.3, -0.25) is 10.1 Å². The van der Waals surface area contributed by atoms with Crippen LogP contribution in [0.25, 0.3) is 0 Å². The predicted octanol–water partition coefficient (Wildman–Crippen LogP) is 1.22. The van der Waals surface area contributed by atoms with Gasteiger partial charge in [0, 0.05) is 12.1 Å². The molecule has 4 N–H and O–H groups in total. The minimum absolute atomic E-state index is 0. The second kappa shape index (κ2) is 4.27. The van der Waals surface area contributed by atoms with Gasteiger partial charge in [0.25, 0.3) is 5.69 Å². The highest BCUT2D eigenvalue weighted by atomic mass is 16.6. The van der Waals surface area contributed by atoms with Gasteiger partial charge in [-0.15, -0.1) is 0 Å². The standard InChI is InChI=1S/C7H6N2O5.CH4/c8-5-2-3(9(13)14)1-4(6(5)10)7(11)12;/h1-2,10H,8H2,(H,11,12);1H4. The first kappa shape index (κ1) is 12.7. The summed E-state index contributed by atoms with van der Waals surface area (Å²) >= 11 is 0. The molecule has 0 aliphatic carbocycles. The molecule has 0 spiro atoms. The molecule has 15 heavy (non-hydrogen) atoms. The molecule has 1 aromatic carbocycles. The molecule has 0 aromatic heterocycles. The number of aromatic carboxylic acids is 1. The summed E-state index contributed by atoms with van der Waals surface area (Å²) in [6.45, 7) is 0. The van der Waals surface area contributed by atoms with E-state index in [2.05, 4.69) is 0 Å². The molecule has 0 bridgehead atoms. The molecule has 0 fully saturated rings. The van der Waals surface area contributed by atoms with Crippen LogP contribution in [0.5, 0.6) is 5.75 Å². The van der Waals surface area contributed by atoms with Gasteiger partial charge in [-0.05, 0) is 0 Å². The first-order chi connectivity index (χ1) is 6.43. The smallest absolute Gasteiger partial charge is 0.339 e. The van der Waals surface area contributed by atoms with E-state index in [0.717, 1.165) is 12.1 Å². The Hall–Kier alpha value is -2.31. The van der Waals surface area contributed by atoms with E-state index in [9.17, 15) is 14.9 Å². The topological polar surface area (TPSA) is 127 Å². The normalized spacial score (nSPS) is 9.07. The van der Waals surface area contributed by atoms with Gasteiger partial charge in [-0.2, -0.15) is 0 Å². The number of nitro benzene ring substituents is 1. The van der Waals surface area contributed by atoms with Crippen LogP contribution in [-0.4, -0.2) is 21.1 Å². The van der Waals surface area contributed by atoms with Crippen LogP contribution in [-0.2, 0) is 0 Å². The Morgan fingerprint density at radius 2 is 2.00 bits per heavy atom. The fraction of sp³-hybridized carbons (Fsp3) is 0.125. The Morgan fingerprint density at radius 3 is 2.40 bits per heavy atom. The maximum Gasteiger partial charge on any atom is 0.339 e. The molecule has 7 heteroatoms. The van der Waals surface area contributed by atoms with Crippen LogP contribution >= 0.6 is 0 Å². The first-order valence-electron chi connectivity index (χ1n) is 3.43. The Morgan fingerprint density at radius 1 is 1.47 bits per heavy atom. The average molecular weight is 214 g/mol. The molecule has 0 radical (unpaired) electrons. The highest BCUT2D eigenvalue weighted by molar-refractivity contribution is 5.94. The number of non-ortho nitro benzene ring substituents is 1. The Bertz CT molecular complexity index is 416. The molecule has 0 unspecified atom stereocenters. The quantitative estimate of drug-likeness (QED) is 0.294. The number of nitrogens with two attached hydrogens (primary N) is 1. The van der Waals surface area contributed by atoms with Crippen LogP contribution in [0.1, 0.15) is 17.8 Å². The molecular formula is C8H10N2O5. The summed E-state index contributed by atoms with van der Waals surface area (Å²) in [5.74, 6) is -2.14. The number of aromatic hydroxyl groups is 1. The third-order valence-electron chi connectivity index (χ3n) is 1.57. The molecule has 7 nitrogen and oxygen atoms in total. The van der Waals surface area contributed by atoms with Gasteiger partial charge in [0.1, 0.15) is 5.56 Å². The van der Waals surface area contributed by atoms with Crippen molar-refractivity contribution in [2.75, 3.05) is 5.73 Å². The maximum atomic E-state index is 10.5. The monoisotopic (exact) mass is 214 g/mol. The number of hydrogen-bond acceptors (Lipinski definition) is 5. The lowest BCUT2D eigenvalue weighted by Crippen LogP contribution is -2.01. The number of nitrogens with zero attached hydrogens (tertiary/aromatic N) is 1. The average Bonchev–Trinajstić information content (AvgIpc) is 2.08. The van der Waals surface area contributed by atoms with Crippen molar-refractivity contribution < 1.29 is 19.9 Å². The molecule has 0 saturated carbocycles. The summed E-state index contributed by atoms with van der Waals surface area (Å²) in [5, 5.41) is 28.0. The van der Waals surface area contributed by atoms with Crippen molar-refractivity contribution in [1.29, 1.82) is 0 Å². The van der Waals surface area contributed by atoms with Crippen LogP contribution in [0.4, 0.5) is 11.4 Å². The summed E-state index contributed by atoms with van der Waals surface area (Å²) < 4.78 is 0. The second-order valence-corrected chi connectivity index (χ2v) is 2.49. The number of benzene rings is 1. The van der Waals surface area contributed by atoms with Gasteiger partial charge in [0.2, 0.25) is 0 Å². The largest absolute Gasteiger partial charge is 0.505 e. The van der Waals surface area contributed by atoms with Crippen molar-refractivity contribution >= 4 is 17.3 Å². The zero-order chi connectivity index (χ0) is 10.9. The van der Waals surface area contributed by atoms with Gasteiger partial charge in [-0.1, -0.05) is 7.43 Å². The van der Waals surface area contributed by atoms with E-state index in [0.29, 0.717) is 0 Å². The van der Waals surface area contributed by atoms with Crippen molar-refractivity contribution in [2.45, 2.75) is 7.43 Å². The highest BCUT2D eigenvalue weighted by Crippen LogP contribution is 2.30. The molecule has 0 atom stereocenters. The van der Waals surface area contributed by atoms with Crippen molar-refractivity contribution in [2.24, 2.45) is 0 Å². The van der Waals surface area contributed by atoms with Crippen molar-refractivity contribution in [1.82, 2.24) is 0 Å². The lowest BCUT2D eigenvalue weighted by molar-refractivity contribution is -0.384. The van der Waals surface area contributed by atoms with E-state index in [-0.39, 0.29) is 13.1 Å². The minimum atomic E-state index is -1.47. The molecular weight excluding hydrogens is 204 g/mol. The zero-order valence-electron chi connectivity index (χ0n) is 6.80. The molecule has 82 valence electrons. The summed E-state index contributed by atoms with van der Waals surface area (Å²) in [4.78, 5) is 20.0. The van der Waals surface area contributed by atoms with Crippen LogP contribution in [0.3, 0.4) is 0 Å². The van der Waals surface area contributed by atoms with E-state index < -0.39 is 27.9 Å². The lowest BCUT2D eigenvalue weighted by Gasteiger charge is -2.02. The van der Waals surface area contributed by atoms with E-state index in [1.165, 1.54) is 0 Å². The van der Waals surface area contributed by atoms with Crippen LogP contribution in [0.15, 0.2) is 12.1 Å². The van der Waals surface area contributed by atoms with E-state index in [1.54, 1.807) is 0 Å². The fourth-order valence-electron chi connectivity index (χ4n) is 0.910. The summed E-state index contributed by atoms with van der Waals surface area (Å²) in [5.41, 5.74) is 3.78. The highest BCUT2D eigenvalue weighted by Gasteiger charge is 2.18. The number of rotatable bonds is 2. The van der Waals surface area contributed by atoms with Crippen LogP contribution in [0.2, 0.25) is 0 Å². The number of nitrogen functional groups attached to an aromatic ring is 1. The lowest BCUT2D eigenvalue weighted by atomic mass is 10.1. The number of carboxylic acids is 1. The Labute approximate surface area is 84.9 Å². The minimum Gasteiger partial charge on any atom is -0.505 e. The molecule has 1 aromatic rings. The number of carboxylic acid groups (broad SMARTS) is 1. The van der Waals surface area contributed by atoms with Gasteiger partial charge >= 0.3 is 5.97 Å². The van der Waals surface area contributed by atoms with E-state index in [4.69, 9.17) is 15.9 Å². The maximum absolute atomic E-state index is 10.5. The zero-order valence-corrected chi connectivity index (χ0v) is 6.80. The Balaban J connectivity index is 0.00000196. The van der Waals surface area contributed by atoms with Crippen molar-refractivity contribution in [3.8, 4) is 5.75 Å². The molecule has 0 heterocycles. The molecule has 1 rings (SSSR count). The molecule has 0 amide bonds. The summed E-state index contributed by atoms with van der Waals surface area (Å²) in [6, 6.07) is 1.63. The number of carbonyl (C=O) groups is 1. The second-order valence-electron chi connectivity index (χ2n) is 2.49. The SMILES string of the molecule is C.Nc1cc([N+](=O)[O-])cc(C(=O)O)c1O. The number of nitro groups is 1. The predicted molar refractivity (Wildman–Crippen MR) is 52.9 cm³/mol. The van der Waals surface area contributed by atoms with Gasteiger partial charge in [0.05, 0.1) is 10.6 Å². The van der Waals surface area contributed by atoms with Gasteiger partial charge in [-0.25, -0.2) is 4.79 Å². The molecule has 0 aliphatic rings. The Kier molecular flexibility index (Phi) is 3.61. The van der Waals surface area contributed by atoms with Gasteiger partial charge in [0.15, 0.2) is 5.75 Å². The van der Waals surface area contributed by atoms with Crippen LogP contribution < -0.4 is 5.73 Å². The first-order valence-corrected chi connectivity index (χ1v) is 3.43. The van der Waals surface area contributed by atoms with Crippen LogP contribution in [0, 0.1) is 10.1 Å². The summed E-state index contributed by atoms with van der Waals surface area (Å²) in [6.07, 6.45) is 0. The fourth-order valence-corrected chi connectivity index (χ4v) is 0.910. The van der Waals surface area contributed by atoms with E-state index >= 15 is 0 Å². The van der Waals surface area contributed by atoms with Gasteiger partial charge < -0.3 is 15.9 Å². The third kappa shape index (κ3) is 2.33. The van der Waals surface area contributed by atoms with Crippen molar-refractivity contribution in [3.05, 3.63) is 27.8 Å².